The van der Waals surface area contributed by atoms with E-state index in [0.717, 1.165) is 5.69 Å². The van der Waals surface area contributed by atoms with Crippen LogP contribution in [0.5, 0.6) is 5.75 Å². The van der Waals surface area contributed by atoms with Gasteiger partial charge in [0.2, 0.25) is 11.8 Å². The number of likely N-dealkylation sites (tertiary alicyclic amines) is 1. The fourth-order valence-electron chi connectivity index (χ4n) is 3.30. The first-order valence-corrected chi connectivity index (χ1v) is 9.20. The number of hydrogen-bond donors (Lipinski definition) is 1. The number of rotatable bonds is 6. The van der Waals surface area contributed by atoms with E-state index in [-0.39, 0.29) is 29.9 Å². The van der Waals surface area contributed by atoms with Gasteiger partial charge in [-0.1, -0.05) is 24.8 Å². The van der Waals surface area contributed by atoms with Gasteiger partial charge < -0.3 is 19.7 Å². The molecule has 2 saturated heterocycles. The van der Waals surface area contributed by atoms with Gasteiger partial charge in [0.05, 0.1) is 43.3 Å². The quantitative estimate of drug-likeness (QED) is 0.747. The van der Waals surface area contributed by atoms with Gasteiger partial charge in [0.25, 0.3) is 0 Å². The smallest absolute Gasteiger partial charge is 0.246 e. The third-order valence-electron chi connectivity index (χ3n) is 4.96. The normalized spacial score (nSPS) is 21.8. The highest BCUT2D eigenvalue weighted by molar-refractivity contribution is 5.90. The van der Waals surface area contributed by atoms with Crippen molar-refractivity contribution in [2.45, 2.75) is 12.1 Å². The van der Waals surface area contributed by atoms with Gasteiger partial charge in [-0.3, -0.25) is 9.59 Å². The molecule has 8 heteroatoms. The average Bonchev–Trinajstić information content (AvgIpc) is 3.31. The summed E-state index contributed by atoms with van der Waals surface area (Å²) in [5.74, 6) is 0.179. The first-order valence-electron chi connectivity index (χ1n) is 9.20. The van der Waals surface area contributed by atoms with Crippen molar-refractivity contribution in [1.29, 1.82) is 0 Å². The molecule has 1 N–H and O–H groups in total. The van der Waals surface area contributed by atoms with E-state index < -0.39 is 0 Å². The lowest BCUT2D eigenvalue weighted by Gasteiger charge is -2.38. The van der Waals surface area contributed by atoms with Crippen molar-refractivity contribution in [3.8, 4) is 11.4 Å². The van der Waals surface area contributed by atoms with E-state index in [0.29, 0.717) is 32.1 Å². The van der Waals surface area contributed by atoms with Crippen molar-refractivity contribution in [1.82, 2.24) is 20.0 Å². The summed E-state index contributed by atoms with van der Waals surface area (Å²) in [4.78, 5) is 25.5. The van der Waals surface area contributed by atoms with Crippen molar-refractivity contribution >= 4 is 11.8 Å². The Morgan fingerprint density at radius 1 is 1.25 bits per heavy atom. The lowest BCUT2D eigenvalue weighted by molar-refractivity contribution is -0.140. The molecular weight excluding hydrogens is 360 g/mol. The third kappa shape index (κ3) is 3.77. The van der Waals surface area contributed by atoms with Crippen LogP contribution in [0, 0.1) is 5.92 Å². The van der Waals surface area contributed by atoms with Gasteiger partial charge in [0, 0.05) is 13.1 Å². The minimum Gasteiger partial charge on any atom is -0.482 e. The molecule has 0 spiro atoms. The van der Waals surface area contributed by atoms with Crippen LogP contribution < -0.4 is 10.1 Å². The van der Waals surface area contributed by atoms with Crippen LogP contribution in [0.4, 0.5) is 0 Å². The van der Waals surface area contributed by atoms with Gasteiger partial charge in [-0.2, -0.15) is 5.10 Å². The summed E-state index contributed by atoms with van der Waals surface area (Å²) in [5, 5.41) is 7.30. The maximum absolute atomic E-state index is 12.4. The van der Waals surface area contributed by atoms with E-state index in [9.17, 15) is 9.59 Å². The summed E-state index contributed by atoms with van der Waals surface area (Å²) in [6.07, 6.45) is 4.42. The molecule has 146 valence electrons. The van der Waals surface area contributed by atoms with Gasteiger partial charge in [-0.05, 0) is 18.2 Å². The number of aromatic nitrogens is 2. The molecule has 0 radical (unpaired) electrons. The molecule has 2 amide bonds. The molecule has 1 aromatic heterocycles. The molecule has 0 saturated carbocycles. The summed E-state index contributed by atoms with van der Waals surface area (Å²) < 4.78 is 13.2. The van der Waals surface area contributed by atoms with Crippen molar-refractivity contribution < 1.29 is 19.1 Å². The number of carbonyl (C=O) groups excluding carboxylic acids is 2. The second-order valence-electron chi connectivity index (χ2n) is 6.91. The van der Waals surface area contributed by atoms with E-state index in [1.54, 1.807) is 22.0 Å². The number of ether oxygens (including phenoxy) is 2. The second-order valence-corrected chi connectivity index (χ2v) is 6.91. The maximum Gasteiger partial charge on any atom is 0.246 e. The fourth-order valence-corrected chi connectivity index (χ4v) is 3.30. The molecule has 2 aliphatic rings. The van der Waals surface area contributed by atoms with Gasteiger partial charge >= 0.3 is 0 Å². The van der Waals surface area contributed by atoms with Crippen LogP contribution in [0.2, 0.25) is 0 Å². The number of nitrogens with one attached hydrogen (secondary N) is 1. The molecule has 1 aromatic carbocycles. The SMILES string of the molecule is C=CC(=O)N1CC(C(=O)N[C@@H]2COC[C@@H]2Oc2cnn(-c3ccccc3)c2)C1. The van der Waals surface area contributed by atoms with E-state index in [4.69, 9.17) is 9.47 Å². The highest BCUT2D eigenvalue weighted by Gasteiger charge is 2.38. The highest BCUT2D eigenvalue weighted by atomic mass is 16.5. The Bertz CT molecular complexity index is 860. The van der Waals surface area contributed by atoms with Crippen LogP contribution >= 0.6 is 0 Å². The van der Waals surface area contributed by atoms with E-state index in [2.05, 4.69) is 17.0 Å². The highest BCUT2D eigenvalue weighted by Crippen LogP contribution is 2.20. The summed E-state index contributed by atoms with van der Waals surface area (Å²) in [5.41, 5.74) is 0.938. The van der Waals surface area contributed by atoms with Gasteiger partial charge in [0.15, 0.2) is 5.75 Å². The summed E-state index contributed by atoms with van der Waals surface area (Å²) in [6, 6.07) is 9.50. The van der Waals surface area contributed by atoms with Crippen molar-refractivity contribution in [3.63, 3.8) is 0 Å². The summed E-state index contributed by atoms with van der Waals surface area (Å²) >= 11 is 0. The zero-order valence-electron chi connectivity index (χ0n) is 15.4. The summed E-state index contributed by atoms with van der Waals surface area (Å²) in [7, 11) is 0. The van der Waals surface area contributed by atoms with Crippen LogP contribution in [-0.2, 0) is 14.3 Å². The minimum absolute atomic E-state index is 0.0859. The lowest BCUT2D eigenvalue weighted by Crippen LogP contribution is -2.58. The molecule has 28 heavy (non-hydrogen) atoms. The summed E-state index contributed by atoms with van der Waals surface area (Å²) in [6.45, 7) is 5.08. The molecule has 8 nitrogen and oxygen atoms in total. The van der Waals surface area contributed by atoms with Crippen molar-refractivity contribution in [3.05, 3.63) is 55.4 Å². The zero-order valence-corrected chi connectivity index (χ0v) is 15.4. The van der Waals surface area contributed by atoms with Gasteiger partial charge in [-0.15, -0.1) is 0 Å². The third-order valence-corrected chi connectivity index (χ3v) is 4.96. The molecule has 2 aliphatic heterocycles. The minimum atomic E-state index is -0.289. The zero-order chi connectivity index (χ0) is 19.5. The Labute approximate surface area is 162 Å². The largest absolute Gasteiger partial charge is 0.482 e. The number of nitrogens with zero attached hydrogens (tertiary/aromatic N) is 3. The first kappa shape index (κ1) is 18.2. The van der Waals surface area contributed by atoms with Crippen LogP contribution in [0.25, 0.3) is 5.69 Å². The van der Waals surface area contributed by atoms with Crippen LogP contribution in [-0.4, -0.2) is 64.9 Å². The molecule has 0 aliphatic carbocycles. The number of para-hydroxylation sites is 1. The Hall–Kier alpha value is -3.13. The van der Waals surface area contributed by atoms with E-state index >= 15 is 0 Å². The van der Waals surface area contributed by atoms with Crippen LogP contribution in [0.1, 0.15) is 0 Å². The lowest BCUT2D eigenvalue weighted by atomic mass is 9.98. The average molecular weight is 382 g/mol. The Morgan fingerprint density at radius 2 is 2.04 bits per heavy atom. The van der Waals surface area contributed by atoms with Crippen LogP contribution in [0.15, 0.2) is 55.4 Å². The molecule has 2 aromatic rings. The van der Waals surface area contributed by atoms with Crippen molar-refractivity contribution in [2.24, 2.45) is 5.92 Å². The second kappa shape index (κ2) is 7.85. The topological polar surface area (TPSA) is 85.7 Å². The predicted octanol–water partition coefficient (Wildman–Crippen LogP) is 0.779. The molecule has 0 unspecified atom stereocenters. The predicted molar refractivity (Wildman–Crippen MR) is 101 cm³/mol. The Balaban J connectivity index is 1.32. The standard InChI is InChI=1S/C20H22N4O4/c1-2-19(25)23-9-14(10-23)20(26)22-17-12-27-13-18(17)28-16-8-21-24(11-16)15-6-4-3-5-7-15/h2-8,11,14,17-18H,1,9-10,12-13H2,(H,22,26)/t17-,18+/m1/s1. The molecule has 2 fully saturated rings. The van der Waals surface area contributed by atoms with Gasteiger partial charge in [-0.25, -0.2) is 4.68 Å². The molecule has 0 bridgehead atoms. The molecule has 4 rings (SSSR count). The fraction of sp³-hybridized carbons (Fsp3) is 0.350. The molecular formula is C20H22N4O4. The van der Waals surface area contributed by atoms with E-state index in [1.165, 1.54) is 6.08 Å². The number of benzene rings is 1. The first-order chi connectivity index (χ1) is 13.6. The molecule has 3 heterocycles. The van der Waals surface area contributed by atoms with E-state index in [1.807, 2.05) is 30.3 Å². The Morgan fingerprint density at radius 3 is 2.79 bits per heavy atom. The van der Waals surface area contributed by atoms with Crippen LogP contribution in [0.3, 0.4) is 0 Å². The van der Waals surface area contributed by atoms with Gasteiger partial charge in [0.1, 0.15) is 6.10 Å². The maximum atomic E-state index is 12.4. The number of amides is 2. The number of hydrogen-bond acceptors (Lipinski definition) is 5. The molecule has 2 atom stereocenters. The number of carbonyl (C=O) groups is 2. The monoisotopic (exact) mass is 382 g/mol. The van der Waals surface area contributed by atoms with Crippen molar-refractivity contribution in [2.75, 3.05) is 26.3 Å². The Kier molecular flexibility index (Phi) is 5.12.